The van der Waals surface area contributed by atoms with Crippen LogP contribution in [0.4, 0.5) is 15.8 Å². The van der Waals surface area contributed by atoms with Crippen molar-refractivity contribution in [2.45, 2.75) is 0 Å². The minimum Gasteiger partial charge on any atom is -0.321 e. The van der Waals surface area contributed by atoms with Gasteiger partial charge in [0.1, 0.15) is 11.5 Å². The Kier molecular flexibility index (Phi) is 6.14. The monoisotopic (exact) mass is 395 g/mol. The first-order valence-electron chi connectivity index (χ1n) is 8.28. The molecule has 1 heterocycles. The molecule has 0 aliphatic carbocycles. The number of pyridine rings is 1. The first kappa shape index (κ1) is 19.3. The summed E-state index contributed by atoms with van der Waals surface area (Å²) in [4.78, 5) is 28.4. The van der Waals surface area contributed by atoms with Crippen molar-refractivity contribution in [3.05, 3.63) is 95.0 Å². The van der Waals surface area contributed by atoms with Crippen LogP contribution >= 0.6 is 11.6 Å². The zero-order chi connectivity index (χ0) is 19.9. The first-order chi connectivity index (χ1) is 13.5. The molecule has 3 aromatic rings. The van der Waals surface area contributed by atoms with Crippen LogP contribution in [0.25, 0.3) is 6.08 Å². The van der Waals surface area contributed by atoms with Crippen LogP contribution in [-0.4, -0.2) is 16.8 Å². The van der Waals surface area contributed by atoms with Gasteiger partial charge in [0.2, 0.25) is 5.91 Å². The molecule has 28 heavy (non-hydrogen) atoms. The maximum atomic E-state index is 13.6. The molecule has 1 aromatic heterocycles. The summed E-state index contributed by atoms with van der Waals surface area (Å²) < 4.78 is 13.6. The highest BCUT2D eigenvalue weighted by Gasteiger charge is 2.12. The zero-order valence-electron chi connectivity index (χ0n) is 14.5. The van der Waals surface area contributed by atoms with Gasteiger partial charge in [0.05, 0.1) is 11.4 Å². The average molecular weight is 396 g/mol. The quantitative estimate of drug-likeness (QED) is 0.611. The van der Waals surface area contributed by atoms with E-state index in [1.54, 1.807) is 48.5 Å². The van der Waals surface area contributed by atoms with E-state index in [2.05, 4.69) is 15.6 Å². The molecule has 0 aliphatic heterocycles. The van der Waals surface area contributed by atoms with Gasteiger partial charge in [-0.05, 0) is 54.1 Å². The minimum absolute atomic E-state index is 0.134. The number of halogens is 2. The normalized spacial score (nSPS) is 10.6. The van der Waals surface area contributed by atoms with Crippen LogP contribution in [0.3, 0.4) is 0 Å². The third-order valence-electron chi connectivity index (χ3n) is 3.68. The first-order valence-corrected chi connectivity index (χ1v) is 8.65. The summed E-state index contributed by atoms with van der Waals surface area (Å²) in [6, 6.07) is 15.5. The predicted molar refractivity (Wildman–Crippen MR) is 108 cm³/mol. The van der Waals surface area contributed by atoms with Crippen LogP contribution in [0.1, 0.15) is 16.1 Å². The van der Waals surface area contributed by atoms with Gasteiger partial charge in [-0.1, -0.05) is 29.8 Å². The molecule has 3 rings (SSSR count). The number of hydrogen-bond donors (Lipinski definition) is 2. The maximum absolute atomic E-state index is 13.6. The lowest BCUT2D eigenvalue weighted by atomic mass is 10.2. The summed E-state index contributed by atoms with van der Waals surface area (Å²) in [5.41, 5.74) is 1.37. The lowest BCUT2D eigenvalue weighted by molar-refractivity contribution is -0.111. The molecule has 0 radical (unpaired) electrons. The maximum Gasteiger partial charge on any atom is 0.274 e. The second-order valence-electron chi connectivity index (χ2n) is 5.73. The summed E-state index contributed by atoms with van der Waals surface area (Å²) in [5, 5.41) is 5.77. The lowest BCUT2D eigenvalue weighted by Gasteiger charge is -2.11. The van der Waals surface area contributed by atoms with Crippen molar-refractivity contribution in [2.24, 2.45) is 0 Å². The molecular formula is C21H15ClFN3O2. The molecule has 7 heteroatoms. The Morgan fingerprint density at radius 2 is 1.75 bits per heavy atom. The Morgan fingerprint density at radius 1 is 0.964 bits per heavy atom. The molecule has 0 saturated carbocycles. The van der Waals surface area contributed by atoms with Gasteiger partial charge < -0.3 is 10.6 Å². The second kappa shape index (κ2) is 8.92. The molecule has 140 valence electrons. The second-order valence-corrected chi connectivity index (χ2v) is 6.17. The van der Waals surface area contributed by atoms with Crippen molar-refractivity contribution in [1.29, 1.82) is 0 Å². The lowest BCUT2D eigenvalue weighted by Crippen LogP contribution is -2.16. The van der Waals surface area contributed by atoms with Gasteiger partial charge in [0.25, 0.3) is 5.91 Å². The Bertz CT molecular complexity index is 1020. The summed E-state index contributed by atoms with van der Waals surface area (Å²) in [7, 11) is 0. The van der Waals surface area contributed by atoms with Crippen LogP contribution in [0.2, 0.25) is 5.02 Å². The van der Waals surface area contributed by atoms with E-state index < -0.39 is 17.6 Å². The largest absolute Gasteiger partial charge is 0.321 e. The highest BCUT2D eigenvalue weighted by Crippen LogP contribution is 2.23. The van der Waals surface area contributed by atoms with Crippen molar-refractivity contribution in [3.63, 3.8) is 0 Å². The molecular weight excluding hydrogens is 381 g/mol. The van der Waals surface area contributed by atoms with Gasteiger partial charge in [0, 0.05) is 17.3 Å². The fourth-order valence-electron chi connectivity index (χ4n) is 2.33. The van der Waals surface area contributed by atoms with E-state index in [9.17, 15) is 14.0 Å². The zero-order valence-corrected chi connectivity index (χ0v) is 15.3. The van der Waals surface area contributed by atoms with Gasteiger partial charge in [0.15, 0.2) is 0 Å². The van der Waals surface area contributed by atoms with E-state index >= 15 is 0 Å². The van der Waals surface area contributed by atoms with Crippen LogP contribution in [-0.2, 0) is 4.79 Å². The number of nitrogens with zero attached hydrogens (tertiary/aromatic N) is 1. The van der Waals surface area contributed by atoms with Crippen molar-refractivity contribution in [3.8, 4) is 0 Å². The van der Waals surface area contributed by atoms with Gasteiger partial charge in [-0.3, -0.25) is 14.6 Å². The van der Waals surface area contributed by atoms with Crippen molar-refractivity contribution in [1.82, 2.24) is 4.98 Å². The highest BCUT2D eigenvalue weighted by atomic mass is 35.5. The van der Waals surface area contributed by atoms with E-state index in [4.69, 9.17) is 11.6 Å². The van der Waals surface area contributed by atoms with Crippen molar-refractivity contribution < 1.29 is 14.0 Å². The number of amides is 2. The number of carbonyl (C=O) groups is 2. The van der Waals surface area contributed by atoms with E-state index in [0.717, 1.165) is 11.6 Å². The third kappa shape index (κ3) is 5.25. The molecule has 5 nitrogen and oxygen atoms in total. The highest BCUT2D eigenvalue weighted by molar-refractivity contribution is 6.30. The van der Waals surface area contributed by atoms with Crippen LogP contribution in [0.5, 0.6) is 0 Å². The van der Waals surface area contributed by atoms with Crippen LogP contribution in [0, 0.1) is 5.82 Å². The van der Waals surface area contributed by atoms with Gasteiger partial charge >= 0.3 is 0 Å². The number of aromatic nitrogens is 1. The number of hydrogen-bond acceptors (Lipinski definition) is 3. The van der Waals surface area contributed by atoms with E-state index in [1.807, 2.05) is 0 Å². The smallest absolute Gasteiger partial charge is 0.274 e. The molecule has 2 amide bonds. The number of carbonyl (C=O) groups excluding carboxylic acids is 2. The Balaban J connectivity index is 1.74. The fourth-order valence-corrected chi connectivity index (χ4v) is 2.46. The molecule has 0 fully saturated rings. The number of rotatable bonds is 5. The Hall–Kier alpha value is -3.51. The van der Waals surface area contributed by atoms with E-state index in [0.29, 0.717) is 5.02 Å². The molecule has 2 aromatic carbocycles. The Labute approximate surface area is 165 Å². The topological polar surface area (TPSA) is 71.1 Å². The molecule has 0 atom stereocenters. The molecule has 0 unspecified atom stereocenters. The van der Waals surface area contributed by atoms with Crippen LogP contribution in [0.15, 0.2) is 72.9 Å². The number of anilines is 2. The molecule has 0 bridgehead atoms. The minimum atomic E-state index is -0.548. The van der Waals surface area contributed by atoms with Crippen LogP contribution < -0.4 is 10.6 Å². The summed E-state index contributed by atoms with van der Waals surface area (Å²) >= 11 is 5.82. The number of benzene rings is 2. The fraction of sp³-hybridized carbons (Fsp3) is 0. The van der Waals surface area contributed by atoms with Gasteiger partial charge in [-0.2, -0.15) is 0 Å². The number of nitrogens with one attached hydrogen (secondary N) is 2. The van der Waals surface area contributed by atoms with Gasteiger partial charge in [-0.25, -0.2) is 4.39 Å². The summed E-state index contributed by atoms with van der Waals surface area (Å²) in [6.07, 6.45) is 4.39. The molecule has 0 aliphatic rings. The molecule has 2 N–H and O–H groups in total. The van der Waals surface area contributed by atoms with E-state index in [-0.39, 0.29) is 17.1 Å². The molecule has 0 spiro atoms. The summed E-state index contributed by atoms with van der Waals surface area (Å²) in [5.74, 6) is -1.50. The van der Waals surface area contributed by atoms with Crippen molar-refractivity contribution in [2.75, 3.05) is 10.6 Å². The van der Waals surface area contributed by atoms with Crippen molar-refractivity contribution >= 4 is 40.9 Å². The average Bonchev–Trinajstić information content (AvgIpc) is 2.70. The molecule has 0 saturated heterocycles. The van der Waals surface area contributed by atoms with E-state index in [1.165, 1.54) is 24.4 Å². The Morgan fingerprint density at radius 3 is 2.46 bits per heavy atom. The predicted octanol–water partition coefficient (Wildman–Crippen LogP) is 4.78. The standard InChI is InChI=1S/C21H15ClFN3O2/c22-15-7-4-14(5-8-15)6-11-20(27)25-19-13-16(23)9-10-17(19)26-21(28)18-3-1-2-12-24-18/h1-13H,(H,25,27)(H,26,28). The SMILES string of the molecule is O=C(C=Cc1ccc(Cl)cc1)Nc1cc(F)ccc1NC(=O)c1ccccn1. The third-order valence-corrected chi connectivity index (χ3v) is 3.93. The van der Waals surface area contributed by atoms with Gasteiger partial charge in [-0.15, -0.1) is 0 Å². The summed E-state index contributed by atoms with van der Waals surface area (Å²) in [6.45, 7) is 0.